The molecule has 0 aromatic carbocycles. The van der Waals surface area contributed by atoms with E-state index in [1.807, 2.05) is 26.8 Å². The predicted octanol–water partition coefficient (Wildman–Crippen LogP) is 3.97. The molecule has 0 radical (unpaired) electrons. The highest BCUT2D eigenvalue weighted by Crippen LogP contribution is 2.72. The van der Waals surface area contributed by atoms with Gasteiger partial charge in [0.15, 0.2) is 11.4 Å². The van der Waals surface area contributed by atoms with Crippen molar-refractivity contribution in [3.05, 3.63) is 34.9 Å². The van der Waals surface area contributed by atoms with E-state index in [0.717, 1.165) is 17.6 Å². The lowest BCUT2D eigenvalue weighted by Gasteiger charge is -2.58. The van der Waals surface area contributed by atoms with Gasteiger partial charge in [-0.15, -0.1) is 0 Å². The number of hydrogen-bond acceptors (Lipinski definition) is 6. The number of esters is 2. The molecule has 7 unspecified atom stereocenters. The Morgan fingerprint density at radius 2 is 1.82 bits per heavy atom. The van der Waals surface area contributed by atoms with Crippen LogP contribution < -0.4 is 0 Å². The molecular weight excluding hydrogens is 432 g/mol. The van der Waals surface area contributed by atoms with Gasteiger partial charge in [-0.25, -0.2) is 4.79 Å². The van der Waals surface area contributed by atoms with E-state index in [2.05, 4.69) is 6.08 Å². The average molecular weight is 467 g/mol. The summed E-state index contributed by atoms with van der Waals surface area (Å²) >= 11 is 0. The second-order valence-corrected chi connectivity index (χ2v) is 12.0. The molecule has 6 heteroatoms. The van der Waals surface area contributed by atoms with Crippen LogP contribution in [0.4, 0.5) is 0 Å². The molecule has 0 bridgehead atoms. The van der Waals surface area contributed by atoms with Crippen molar-refractivity contribution in [3.8, 4) is 0 Å². The fraction of sp³-hybridized carbons (Fsp3) is 0.679. The number of rotatable bonds is 1. The van der Waals surface area contributed by atoms with Gasteiger partial charge in [-0.3, -0.25) is 9.59 Å². The smallest absolute Gasteiger partial charge is 0.334 e. The van der Waals surface area contributed by atoms with Gasteiger partial charge in [-0.1, -0.05) is 23.3 Å². The van der Waals surface area contributed by atoms with E-state index in [4.69, 9.17) is 9.47 Å². The Bertz CT molecular complexity index is 1110. The van der Waals surface area contributed by atoms with Crippen LogP contribution in [-0.2, 0) is 23.9 Å². The zero-order valence-corrected chi connectivity index (χ0v) is 20.5. The van der Waals surface area contributed by atoms with Crippen LogP contribution in [0.5, 0.6) is 0 Å². The Morgan fingerprint density at radius 1 is 1.06 bits per heavy atom. The molecule has 2 heterocycles. The van der Waals surface area contributed by atoms with Crippen LogP contribution in [0.3, 0.4) is 0 Å². The molecule has 6 aliphatic rings. The van der Waals surface area contributed by atoms with Gasteiger partial charge >= 0.3 is 11.9 Å². The Balaban J connectivity index is 1.40. The molecule has 0 aromatic rings. The van der Waals surface area contributed by atoms with Crippen molar-refractivity contribution in [2.45, 2.75) is 89.9 Å². The molecule has 1 saturated heterocycles. The minimum atomic E-state index is -1.23. The summed E-state index contributed by atoms with van der Waals surface area (Å²) in [6.07, 6.45) is 9.53. The first-order valence-electron chi connectivity index (χ1n) is 12.7. The van der Waals surface area contributed by atoms with E-state index in [1.54, 1.807) is 13.0 Å². The van der Waals surface area contributed by atoms with E-state index in [0.29, 0.717) is 44.1 Å². The summed E-state index contributed by atoms with van der Waals surface area (Å²) in [5.41, 5.74) is -1.12. The summed E-state index contributed by atoms with van der Waals surface area (Å²) in [4.78, 5) is 39.4. The first kappa shape index (κ1) is 22.3. The summed E-state index contributed by atoms with van der Waals surface area (Å²) in [5, 5.41) is 12.4. The summed E-state index contributed by atoms with van der Waals surface area (Å²) in [6.45, 7) is 7.62. The van der Waals surface area contributed by atoms with E-state index in [-0.39, 0.29) is 35.5 Å². The van der Waals surface area contributed by atoms with E-state index < -0.39 is 28.1 Å². The number of hydrogen-bond donors (Lipinski definition) is 1. The Labute approximate surface area is 200 Å². The summed E-state index contributed by atoms with van der Waals surface area (Å²) < 4.78 is 12.0. The summed E-state index contributed by atoms with van der Waals surface area (Å²) in [6, 6.07) is 0. The molecule has 34 heavy (non-hydrogen) atoms. The molecule has 2 saturated carbocycles. The molecule has 6 nitrogen and oxygen atoms in total. The number of fused-ring (bicyclic) bond motifs is 4. The van der Waals surface area contributed by atoms with E-state index >= 15 is 0 Å². The first-order chi connectivity index (χ1) is 16.0. The number of cyclic esters (lactones) is 2. The average Bonchev–Trinajstić information content (AvgIpc) is 3.23. The van der Waals surface area contributed by atoms with Crippen LogP contribution in [0, 0.1) is 28.6 Å². The van der Waals surface area contributed by atoms with Crippen LogP contribution in [0.2, 0.25) is 0 Å². The molecule has 0 aromatic heterocycles. The second kappa shape index (κ2) is 6.71. The topological polar surface area (TPSA) is 89.9 Å². The standard InChI is InChI=1S/C28H34O6/c1-15-14-22(33-23(30)16(15)2)26(4)20-11-13-28(32)19-9-8-17-6-5-7-21(29)25(17,3)18(19)10-12-27(20,28)24(31)34-26/h5,7-8,18-20,22,32H,6,9-14H2,1-4H3/t18?,19?,20?,22?,25-,26?,27?,28?/m0/s1. The van der Waals surface area contributed by atoms with E-state index in [9.17, 15) is 19.5 Å². The maximum Gasteiger partial charge on any atom is 0.334 e. The third-order valence-corrected chi connectivity index (χ3v) is 11.0. The molecule has 182 valence electrons. The fourth-order valence-electron chi connectivity index (χ4n) is 8.86. The number of carbonyl (C=O) groups excluding carboxylic acids is 3. The number of ether oxygens (including phenoxy) is 2. The zero-order chi connectivity index (χ0) is 24.3. The lowest BCUT2D eigenvalue weighted by Crippen LogP contribution is -2.64. The molecule has 0 amide bonds. The van der Waals surface area contributed by atoms with Crippen LogP contribution in [0.15, 0.2) is 34.9 Å². The molecular formula is C28H34O6. The van der Waals surface area contributed by atoms with Gasteiger partial charge < -0.3 is 14.6 Å². The number of ketones is 1. The Morgan fingerprint density at radius 3 is 2.56 bits per heavy atom. The first-order valence-corrected chi connectivity index (χ1v) is 12.7. The molecule has 1 spiro atoms. The monoisotopic (exact) mass is 466 g/mol. The minimum absolute atomic E-state index is 0.000633. The SMILES string of the molecule is CC1=C(C)C(=O)OC(C2(C)OC(=O)C34CCC5C(CC=C6CC=CC(=O)[C@@]65C)C3(O)CCC24)C1. The second-order valence-electron chi connectivity index (χ2n) is 12.0. The highest BCUT2D eigenvalue weighted by atomic mass is 16.6. The Kier molecular flexibility index (Phi) is 4.40. The number of carbonyl (C=O) groups is 3. The van der Waals surface area contributed by atoms with E-state index in [1.165, 1.54) is 0 Å². The summed E-state index contributed by atoms with van der Waals surface area (Å²) in [7, 11) is 0. The van der Waals surface area contributed by atoms with Crippen LogP contribution >= 0.6 is 0 Å². The molecule has 4 aliphatic carbocycles. The summed E-state index contributed by atoms with van der Waals surface area (Å²) in [5.74, 6) is -1.01. The van der Waals surface area contributed by atoms with Crippen LogP contribution in [0.1, 0.15) is 72.6 Å². The third kappa shape index (κ3) is 2.34. The van der Waals surface area contributed by atoms with Gasteiger partial charge in [0.1, 0.15) is 11.5 Å². The van der Waals surface area contributed by atoms with Crippen molar-refractivity contribution >= 4 is 17.7 Å². The normalized spacial score (nSPS) is 49.6. The van der Waals surface area contributed by atoms with Gasteiger partial charge in [0.2, 0.25) is 0 Å². The molecule has 2 aliphatic heterocycles. The minimum Gasteiger partial charge on any atom is -0.455 e. The maximum atomic E-state index is 13.8. The highest BCUT2D eigenvalue weighted by Gasteiger charge is 2.79. The molecule has 3 fully saturated rings. The predicted molar refractivity (Wildman–Crippen MR) is 123 cm³/mol. The van der Waals surface area contributed by atoms with Crippen molar-refractivity contribution in [2.75, 3.05) is 0 Å². The zero-order valence-electron chi connectivity index (χ0n) is 20.5. The van der Waals surface area contributed by atoms with Gasteiger partial charge in [-0.2, -0.15) is 0 Å². The van der Waals surface area contributed by atoms with Crippen LogP contribution in [-0.4, -0.2) is 40.1 Å². The van der Waals surface area contributed by atoms with Gasteiger partial charge in [0, 0.05) is 17.9 Å². The quantitative estimate of drug-likeness (QED) is 0.465. The van der Waals surface area contributed by atoms with Crippen molar-refractivity contribution in [1.82, 2.24) is 0 Å². The van der Waals surface area contributed by atoms with Gasteiger partial charge in [-0.05, 0) is 84.1 Å². The van der Waals surface area contributed by atoms with Crippen molar-refractivity contribution < 1.29 is 29.0 Å². The van der Waals surface area contributed by atoms with Crippen molar-refractivity contribution in [3.63, 3.8) is 0 Å². The number of aliphatic hydroxyl groups is 1. The molecule has 1 N–H and O–H groups in total. The van der Waals surface area contributed by atoms with Gasteiger partial charge in [0.25, 0.3) is 0 Å². The maximum absolute atomic E-state index is 13.8. The Hall–Kier alpha value is -2.21. The number of allylic oxidation sites excluding steroid dienone is 4. The largest absolute Gasteiger partial charge is 0.455 e. The third-order valence-electron chi connectivity index (χ3n) is 11.0. The molecule has 8 atom stereocenters. The van der Waals surface area contributed by atoms with Crippen LogP contribution in [0.25, 0.3) is 0 Å². The van der Waals surface area contributed by atoms with Gasteiger partial charge in [0.05, 0.1) is 11.0 Å². The fourth-order valence-corrected chi connectivity index (χ4v) is 8.86. The van der Waals surface area contributed by atoms with Crippen molar-refractivity contribution in [1.29, 1.82) is 0 Å². The lowest BCUT2D eigenvalue weighted by molar-refractivity contribution is -0.193. The highest BCUT2D eigenvalue weighted by molar-refractivity contribution is 5.99. The molecule has 6 rings (SSSR count). The van der Waals surface area contributed by atoms with Crippen molar-refractivity contribution in [2.24, 2.45) is 28.6 Å². The lowest BCUT2D eigenvalue weighted by atomic mass is 9.45.